The lowest BCUT2D eigenvalue weighted by atomic mass is 9.87. The van der Waals surface area contributed by atoms with Gasteiger partial charge in [0.1, 0.15) is 0 Å². The second-order valence-corrected chi connectivity index (χ2v) is 5.74. The van der Waals surface area contributed by atoms with Crippen LogP contribution in [0.15, 0.2) is 28.4 Å². The first-order chi connectivity index (χ1) is 7.93. The van der Waals surface area contributed by atoms with E-state index in [9.17, 15) is 0 Å². The van der Waals surface area contributed by atoms with E-state index in [0.29, 0.717) is 11.8 Å². The quantitative estimate of drug-likeness (QED) is 0.598. The fourth-order valence-corrected chi connectivity index (χ4v) is 2.14. The second kappa shape index (κ2) is 6.18. The Kier molecular flexibility index (Phi) is 5.17. The molecular formula is C16H27N. The number of allylic oxidation sites excluding steroid dienone is 3. The van der Waals surface area contributed by atoms with Crippen molar-refractivity contribution in [2.24, 2.45) is 16.8 Å². The van der Waals surface area contributed by atoms with Crippen LogP contribution >= 0.6 is 0 Å². The summed E-state index contributed by atoms with van der Waals surface area (Å²) in [6, 6.07) is 0. The molecule has 0 bridgehead atoms. The van der Waals surface area contributed by atoms with Gasteiger partial charge in [0, 0.05) is 11.4 Å². The van der Waals surface area contributed by atoms with E-state index in [2.05, 4.69) is 41.2 Å². The molecule has 0 atom stereocenters. The van der Waals surface area contributed by atoms with Crippen LogP contribution in [0.4, 0.5) is 0 Å². The van der Waals surface area contributed by atoms with Gasteiger partial charge in [-0.15, -0.1) is 0 Å². The molecule has 0 unspecified atom stereocenters. The molecule has 17 heavy (non-hydrogen) atoms. The number of hydrogen-bond donors (Lipinski definition) is 0. The maximum absolute atomic E-state index is 4.89. The highest BCUT2D eigenvalue weighted by Gasteiger charge is 2.17. The Labute approximate surface area is 107 Å². The summed E-state index contributed by atoms with van der Waals surface area (Å²) in [5, 5.41) is 0. The Bertz CT molecular complexity index is 343. The molecule has 0 radical (unpaired) electrons. The van der Waals surface area contributed by atoms with E-state index in [-0.39, 0.29) is 0 Å². The minimum atomic E-state index is 0.494. The van der Waals surface area contributed by atoms with Gasteiger partial charge in [0.15, 0.2) is 0 Å². The Balaban J connectivity index is 3.11. The average Bonchev–Trinajstić information content (AvgIpc) is 2.26. The van der Waals surface area contributed by atoms with Crippen molar-refractivity contribution in [3.8, 4) is 0 Å². The summed E-state index contributed by atoms with van der Waals surface area (Å²) in [5.41, 5.74) is 5.27. The molecule has 0 saturated heterocycles. The van der Waals surface area contributed by atoms with Crippen LogP contribution in [-0.4, -0.2) is 5.71 Å². The highest BCUT2D eigenvalue weighted by Crippen LogP contribution is 2.33. The zero-order valence-corrected chi connectivity index (χ0v) is 12.1. The van der Waals surface area contributed by atoms with Gasteiger partial charge >= 0.3 is 0 Å². The minimum Gasteiger partial charge on any atom is -0.262 e. The van der Waals surface area contributed by atoms with Crippen molar-refractivity contribution >= 4 is 5.71 Å². The third-order valence-corrected chi connectivity index (χ3v) is 3.57. The van der Waals surface area contributed by atoms with Gasteiger partial charge in [0.2, 0.25) is 0 Å². The van der Waals surface area contributed by atoms with Crippen LogP contribution in [0, 0.1) is 11.8 Å². The number of nitrogens with zero attached hydrogens (tertiary/aromatic N) is 1. The van der Waals surface area contributed by atoms with Crippen LogP contribution in [-0.2, 0) is 0 Å². The van der Waals surface area contributed by atoms with Gasteiger partial charge in [-0.1, -0.05) is 39.8 Å². The van der Waals surface area contributed by atoms with Crippen molar-refractivity contribution in [1.82, 2.24) is 0 Å². The summed E-state index contributed by atoms with van der Waals surface area (Å²) < 4.78 is 0. The summed E-state index contributed by atoms with van der Waals surface area (Å²) in [5.74, 6) is 1.02. The molecule has 1 saturated carbocycles. The SMILES string of the molecule is C=C1CCCC/C1=C(/N=C(C)C(C)C)C(C)C. The van der Waals surface area contributed by atoms with Crippen molar-refractivity contribution in [3.05, 3.63) is 23.4 Å². The molecule has 0 amide bonds. The molecule has 0 spiro atoms. The summed E-state index contributed by atoms with van der Waals surface area (Å²) in [6.45, 7) is 15.2. The van der Waals surface area contributed by atoms with E-state index in [1.807, 2.05) is 0 Å². The highest BCUT2D eigenvalue weighted by atomic mass is 14.8. The third kappa shape index (κ3) is 3.83. The molecule has 0 aromatic rings. The molecule has 1 aliphatic rings. The van der Waals surface area contributed by atoms with Gasteiger partial charge in [0.05, 0.1) is 0 Å². The van der Waals surface area contributed by atoms with Crippen LogP contribution in [0.25, 0.3) is 0 Å². The van der Waals surface area contributed by atoms with Gasteiger partial charge in [-0.3, -0.25) is 4.99 Å². The molecule has 0 aromatic carbocycles. The minimum absolute atomic E-state index is 0.494. The Morgan fingerprint density at radius 2 is 1.65 bits per heavy atom. The van der Waals surface area contributed by atoms with E-state index in [1.165, 1.54) is 41.8 Å². The summed E-state index contributed by atoms with van der Waals surface area (Å²) in [6.07, 6.45) is 4.91. The van der Waals surface area contributed by atoms with E-state index < -0.39 is 0 Å². The molecule has 1 fully saturated rings. The van der Waals surface area contributed by atoms with E-state index in [1.54, 1.807) is 0 Å². The van der Waals surface area contributed by atoms with Gasteiger partial charge in [-0.25, -0.2) is 0 Å². The van der Waals surface area contributed by atoms with Crippen molar-refractivity contribution < 1.29 is 0 Å². The van der Waals surface area contributed by atoms with Crippen LogP contribution < -0.4 is 0 Å². The zero-order valence-electron chi connectivity index (χ0n) is 12.1. The monoisotopic (exact) mass is 233 g/mol. The first kappa shape index (κ1) is 14.2. The molecule has 1 aliphatic carbocycles. The van der Waals surface area contributed by atoms with Crippen molar-refractivity contribution in [2.75, 3.05) is 0 Å². The first-order valence-corrected chi connectivity index (χ1v) is 6.89. The largest absolute Gasteiger partial charge is 0.262 e. The van der Waals surface area contributed by atoms with Crippen molar-refractivity contribution in [3.63, 3.8) is 0 Å². The summed E-state index contributed by atoms with van der Waals surface area (Å²) in [7, 11) is 0. The maximum atomic E-state index is 4.89. The highest BCUT2D eigenvalue weighted by molar-refractivity contribution is 5.84. The predicted molar refractivity (Wildman–Crippen MR) is 77.4 cm³/mol. The van der Waals surface area contributed by atoms with E-state index >= 15 is 0 Å². The lowest BCUT2D eigenvalue weighted by Gasteiger charge is -2.22. The standard InChI is InChI=1S/C16H27N/c1-11(2)14(6)17-16(12(3)4)15-10-8-7-9-13(15)5/h11-12H,5,7-10H2,1-4,6H3/b16-15-,17-14?. The summed E-state index contributed by atoms with van der Waals surface area (Å²) in [4.78, 5) is 4.89. The van der Waals surface area contributed by atoms with Gasteiger partial charge in [0.25, 0.3) is 0 Å². The molecule has 0 heterocycles. The fourth-order valence-electron chi connectivity index (χ4n) is 2.14. The maximum Gasteiger partial charge on any atom is 0.0462 e. The van der Waals surface area contributed by atoms with Crippen molar-refractivity contribution in [2.45, 2.75) is 60.3 Å². The van der Waals surface area contributed by atoms with E-state index in [4.69, 9.17) is 4.99 Å². The summed E-state index contributed by atoms with van der Waals surface area (Å²) >= 11 is 0. The molecule has 96 valence electrons. The van der Waals surface area contributed by atoms with Crippen LogP contribution in [0.3, 0.4) is 0 Å². The molecule has 0 aromatic heterocycles. The third-order valence-electron chi connectivity index (χ3n) is 3.57. The van der Waals surface area contributed by atoms with E-state index in [0.717, 1.165) is 6.42 Å². The van der Waals surface area contributed by atoms with Crippen LogP contribution in [0.2, 0.25) is 0 Å². The number of rotatable bonds is 3. The molecule has 1 nitrogen and oxygen atoms in total. The predicted octanol–water partition coefficient (Wildman–Crippen LogP) is 5.14. The average molecular weight is 233 g/mol. The van der Waals surface area contributed by atoms with Crippen LogP contribution in [0.1, 0.15) is 60.3 Å². The zero-order chi connectivity index (χ0) is 13.0. The Morgan fingerprint density at radius 3 is 2.12 bits per heavy atom. The molecular weight excluding hydrogens is 206 g/mol. The lowest BCUT2D eigenvalue weighted by molar-refractivity contribution is 0.648. The molecule has 0 N–H and O–H groups in total. The smallest absolute Gasteiger partial charge is 0.0462 e. The number of aliphatic imine (C=N–C) groups is 1. The topological polar surface area (TPSA) is 12.4 Å². The molecule has 1 rings (SSSR count). The van der Waals surface area contributed by atoms with Gasteiger partial charge in [-0.2, -0.15) is 0 Å². The van der Waals surface area contributed by atoms with Gasteiger partial charge < -0.3 is 0 Å². The normalized spacial score (nSPS) is 21.4. The Hall–Kier alpha value is -0.850. The van der Waals surface area contributed by atoms with Crippen molar-refractivity contribution in [1.29, 1.82) is 0 Å². The fraction of sp³-hybridized carbons (Fsp3) is 0.688. The first-order valence-electron chi connectivity index (χ1n) is 6.89. The second-order valence-electron chi connectivity index (χ2n) is 5.74. The van der Waals surface area contributed by atoms with Gasteiger partial charge in [-0.05, 0) is 50.0 Å². The molecule has 0 aliphatic heterocycles. The number of hydrogen-bond acceptors (Lipinski definition) is 1. The Morgan fingerprint density at radius 1 is 1.06 bits per heavy atom. The molecule has 1 heteroatoms. The van der Waals surface area contributed by atoms with Crippen LogP contribution in [0.5, 0.6) is 0 Å². The lowest BCUT2D eigenvalue weighted by Crippen LogP contribution is -2.09.